The van der Waals surface area contributed by atoms with Gasteiger partial charge in [-0.15, -0.1) is 0 Å². The molecule has 0 aliphatic rings. The third kappa shape index (κ3) is 4.10. The molecule has 0 bridgehead atoms. The van der Waals surface area contributed by atoms with Gasteiger partial charge >= 0.3 is 0 Å². The number of amides is 1. The average molecular weight is 349 g/mol. The summed E-state index contributed by atoms with van der Waals surface area (Å²) in [6.07, 6.45) is 1.37. The summed E-state index contributed by atoms with van der Waals surface area (Å²) in [5.74, 6) is -1.00. The van der Waals surface area contributed by atoms with E-state index in [-0.39, 0.29) is 27.1 Å². The summed E-state index contributed by atoms with van der Waals surface area (Å²) >= 11 is 12.0. The van der Waals surface area contributed by atoms with Gasteiger partial charge < -0.3 is 5.32 Å². The van der Waals surface area contributed by atoms with Crippen molar-refractivity contribution in [3.63, 3.8) is 0 Å². The van der Waals surface area contributed by atoms with Gasteiger partial charge in [-0.1, -0.05) is 35.3 Å². The minimum atomic E-state index is -0.649. The van der Waals surface area contributed by atoms with Gasteiger partial charge in [-0.2, -0.15) is 5.26 Å². The van der Waals surface area contributed by atoms with E-state index in [1.165, 1.54) is 18.2 Å². The molecule has 0 spiro atoms. The summed E-state index contributed by atoms with van der Waals surface area (Å²) < 4.78 is 13.3. The Bertz CT molecular complexity index is 821. The molecular weight excluding hydrogens is 338 g/mol. The van der Waals surface area contributed by atoms with Gasteiger partial charge in [0.25, 0.3) is 5.91 Å². The minimum absolute atomic E-state index is 0.146. The summed E-state index contributed by atoms with van der Waals surface area (Å²) in [5.41, 5.74) is 1.05. The van der Waals surface area contributed by atoms with Gasteiger partial charge in [-0.3, -0.25) is 4.79 Å². The topological polar surface area (TPSA) is 52.9 Å². The van der Waals surface area contributed by atoms with Crippen LogP contribution in [0.25, 0.3) is 6.08 Å². The molecule has 23 heavy (non-hydrogen) atoms. The van der Waals surface area contributed by atoms with Crippen LogP contribution < -0.4 is 5.32 Å². The molecule has 2 rings (SSSR count). The number of aryl methyl sites for hydroxylation is 1. The van der Waals surface area contributed by atoms with Crippen LogP contribution in [0.2, 0.25) is 10.0 Å². The predicted molar refractivity (Wildman–Crippen MR) is 89.8 cm³/mol. The summed E-state index contributed by atoms with van der Waals surface area (Å²) in [7, 11) is 0. The number of nitrogens with zero attached hydrogens (tertiary/aromatic N) is 1. The number of nitriles is 1. The highest BCUT2D eigenvalue weighted by Gasteiger charge is 2.14. The largest absolute Gasteiger partial charge is 0.319 e. The van der Waals surface area contributed by atoms with Crippen molar-refractivity contribution in [2.75, 3.05) is 5.32 Å². The number of carbonyl (C=O) groups is 1. The van der Waals surface area contributed by atoms with E-state index in [1.54, 1.807) is 31.2 Å². The summed E-state index contributed by atoms with van der Waals surface area (Å²) in [5, 5.41) is 12.2. The lowest BCUT2D eigenvalue weighted by Gasteiger charge is -2.08. The number of hydrogen-bond donors (Lipinski definition) is 1. The zero-order valence-electron chi connectivity index (χ0n) is 12.0. The average Bonchev–Trinajstić information content (AvgIpc) is 2.52. The molecule has 0 heterocycles. The molecule has 3 nitrogen and oxygen atoms in total. The Morgan fingerprint density at radius 3 is 2.48 bits per heavy atom. The Hall–Kier alpha value is -2.35. The molecular formula is C17H11Cl2FN2O. The third-order valence-corrected chi connectivity index (χ3v) is 3.69. The maximum absolute atomic E-state index is 13.3. The van der Waals surface area contributed by atoms with E-state index in [0.717, 1.165) is 0 Å². The first kappa shape index (κ1) is 17.0. The number of hydrogen-bond acceptors (Lipinski definition) is 2. The lowest BCUT2D eigenvalue weighted by molar-refractivity contribution is -0.112. The van der Waals surface area contributed by atoms with E-state index in [4.69, 9.17) is 23.2 Å². The number of carbonyl (C=O) groups excluding carboxylic acids is 1. The predicted octanol–water partition coefficient (Wildman–Crippen LogP) is 4.99. The van der Waals surface area contributed by atoms with Crippen LogP contribution in [0.3, 0.4) is 0 Å². The second-order valence-corrected chi connectivity index (χ2v) is 5.54. The van der Waals surface area contributed by atoms with E-state index < -0.39 is 5.91 Å². The van der Waals surface area contributed by atoms with E-state index in [1.807, 2.05) is 6.07 Å². The van der Waals surface area contributed by atoms with Gasteiger partial charge in [-0.25, -0.2) is 4.39 Å². The maximum Gasteiger partial charge on any atom is 0.266 e. The number of benzene rings is 2. The molecule has 116 valence electrons. The summed E-state index contributed by atoms with van der Waals surface area (Å²) in [4.78, 5) is 12.2. The van der Waals surface area contributed by atoms with Crippen molar-refractivity contribution in [3.05, 3.63) is 69.0 Å². The molecule has 6 heteroatoms. The van der Waals surface area contributed by atoms with Gasteiger partial charge in [0.05, 0.1) is 15.7 Å². The Morgan fingerprint density at radius 2 is 1.91 bits per heavy atom. The van der Waals surface area contributed by atoms with E-state index in [0.29, 0.717) is 11.1 Å². The number of anilines is 1. The van der Waals surface area contributed by atoms with Gasteiger partial charge in [0.1, 0.15) is 17.5 Å². The van der Waals surface area contributed by atoms with Crippen LogP contribution in [0.4, 0.5) is 10.1 Å². The monoisotopic (exact) mass is 348 g/mol. The van der Waals surface area contributed by atoms with Crippen LogP contribution in [0.1, 0.15) is 11.1 Å². The fourth-order valence-corrected chi connectivity index (χ4v) is 2.36. The molecule has 0 saturated carbocycles. The van der Waals surface area contributed by atoms with Gasteiger partial charge in [0, 0.05) is 0 Å². The van der Waals surface area contributed by atoms with Crippen molar-refractivity contribution in [2.24, 2.45) is 0 Å². The molecule has 0 aromatic heterocycles. The minimum Gasteiger partial charge on any atom is -0.319 e. The van der Waals surface area contributed by atoms with Crippen molar-refractivity contribution in [2.45, 2.75) is 6.92 Å². The molecule has 2 aromatic carbocycles. The van der Waals surface area contributed by atoms with E-state index in [9.17, 15) is 14.4 Å². The van der Waals surface area contributed by atoms with Crippen molar-refractivity contribution < 1.29 is 9.18 Å². The number of halogens is 3. The molecule has 0 saturated heterocycles. The third-order valence-electron chi connectivity index (χ3n) is 3.06. The highest BCUT2D eigenvalue weighted by atomic mass is 35.5. The number of nitrogens with one attached hydrogen (secondary N) is 1. The first-order chi connectivity index (χ1) is 10.9. The smallest absolute Gasteiger partial charge is 0.266 e. The van der Waals surface area contributed by atoms with Crippen LogP contribution in [-0.4, -0.2) is 5.91 Å². The normalized spacial score (nSPS) is 11.0. The van der Waals surface area contributed by atoms with Gasteiger partial charge in [0.15, 0.2) is 0 Å². The Kier molecular flexibility index (Phi) is 5.38. The fraction of sp³-hybridized carbons (Fsp3) is 0.0588. The second kappa shape index (κ2) is 7.28. The molecule has 1 amide bonds. The second-order valence-electron chi connectivity index (χ2n) is 4.73. The molecule has 0 radical (unpaired) electrons. The SMILES string of the molecule is Cc1cc(C=C(C#N)C(=O)Nc2c(Cl)cccc2Cl)ccc1F. The van der Waals surface area contributed by atoms with Gasteiger partial charge in [-0.05, 0) is 48.4 Å². The Balaban J connectivity index is 2.30. The zero-order chi connectivity index (χ0) is 17.0. The Morgan fingerprint density at radius 1 is 1.26 bits per heavy atom. The summed E-state index contributed by atoms with van der Waals surface area (Å²) in [6, 6.07) is 10.9. The van der Waals surface area contributed by atoms with Crippen molar-refractivity contribution in [1.82, 2.24) is 0 Å². The molecule has 0 aliphatic heterocycles. The maximum atomic E-state index is 13.3. The lowest BCUT2D eigenvalue weighted by atomic mass is 10.1. The molecule has 2 aromatic rings. The van der Waals surface area contributed by atoms with Crippen LogP contribution in [0.15, 0.2) is 42.0 Å². The van der Waals surface area contributed by atoms with Crippen LogP contribution >= 0.6 is 23.2 Å². The quantitative estimate of drug-likeness (QED) is 0.627. The standard InChI is InChI=1S/C17H11Cl2FN2O/c1-10-7-11(5-6-15(10)20)8-12(9-21)17(23)22-16-13(18)3-2-4-14(16)19/h2-8H,1H3,(H,22,23). The summed E-state index contributed by atoms with van der Waals surface area (Å²) in [6.45, 7) is 1.60. The van der Waals surface area contributed by atoms with E-state index >= 15 is 0 Å². The fourth-order valence-electron chi connectivity index (χ4n) is 1.87. The molecule has 1 N–H and O–H groups in total. The van der Waals surface area contributed by atoms with Crippen LogP contribution in [0, 0.1) is 24.1 Å². The van der Waals surface area contributed by atoms with Crippen LogP contribution in [0.5, 0.6) is 0 Å². The molecule has 0 unspecified atom stereocenters. The molecule has 0 aliphatic carbocycles. The van der Waals surface area contributed by atoms with Crippen molar-refractivity contribution in [1.29, 1.82) is 5.26 Å². The number of rotatable bonds is 3. The first-order valence-electron chi connectivity index (χ1n) is 6.55. The molecule has 0 fully saturated rings. The van der Waals surface area contributed by atoms with Crippen molar-refractivity contribution in [3.8, 4) is 6.07 Å². The highest BCUT2D eigenvalue weighted by Crippen LogP contribution is 2.30. The highest BCUT2D eigenvalue weighted by molar-refractivity contribution is 6.40. The van der Waals surface area contributed by atoms with Crippen LogP contribution in [-0.2, 0) is 4.79 Å². The van der Waals surface area contributed by atoms with Gasteiger partial charge in [0.2, 0.25) is 0 Å². The van der Waals surface area contributed by atoms with E-state index in [2.05, 4.69) is 5.32 Å². The van der Waals surface area contributed by atoms with Crippen molar-refractivity contribution >= 4 is 40.9 Å². The number of para-hydroxylation sites is 1. The zero-order valence-corrected chi connectivity index (χ0v) is 13.5. The molecule has 0 atom stereocenters. The first-order valence-corrected chi connectivity index (χ1v) is 7.31. The lowest BCUT2D eigenvalue weighted by Crippen LogP contribution is -2.14. The Labute approximate surface area is 142 Å².